The number of carbonyl (C=O) groups is 2. The predicted molar refractivity (Wildman–Crippen MR) is 80.1 cm³/mol. The number of carbonyl (C=O) groups excluding carboxylic acids is 2. The lowest BCUT2D eigenvalue weighted by Crippen LogP contribution is -2.16. The highest BCUT2D eigenvalue weighted by Gasteiger charge is 2.15. The highest BCUT2D eigenvalue weighted by molar-refractivity contribution is 5.99. The second-order valence-electron chi connectivity index (χ2n) is 4.46. The number of nitrogens with zero attached hydrogens (tertiary/aromatic N) is 3. The standard InChI is InChI=1S/C14H15N5O4/c1-8-4-5-9(13-16-18-19-17-13)6-10(8)15-11(14(21)23-3)7-12(20)22-2/h4-7,15H,1-3H3,(H,16,17,18,19)/b11-7+. The van der Waals surface area contributed by atoms with Crippen molar-refractivity contribution in [1.29, 1.82) is 0 Å². The summed E-state index contributed by atoms with van der Waals surface area (Å²) in [6, 6.07) is 5.36. The zero-order chi connectivity index (χ0) is 16.8. The van der Waals surface area contributed by atoms with Crippen molar-refractivity contribution in [1.82, 2.24) is 20.6 Å². The highest BCUT2D eigenvalue weighted by atomic mass is 16.5. The minimum absolute atomic E-state index is 0.0484. The number of hydrogen-bond acceptors (Lipinski definition) is 8. The van der Waals surface area contributed by atoms with Gasteiger partial charge in [0.15, 0.2) is 0 Å². The number of anilines is 1. The Kier molecular flexibility index (Phi) is 5.03. The summed E-state index contributed by atoms with van der Waals surface area (Å²) < 4.78 is 9.19. The molecule has 0 atom stereocenters. The van der Waals surface area contributed by atoms with Gasteiger partial charge in [0.2, 0.25) is 5.82 Å². The molecule has 2 rings (SSSR count). The van der Waals surface area contributed by atoms with Crippen molar-refractivity contribution in [2.24, 2.45) is 0 Å². The number of benzene rings is 1. The summed E-state index contributed by atoms with van der Waals surface area (Å²) in [6.07, 6.45) is 1.02. The van der Waals surface area contributed by atoms with Crippen LogP contribution in [0, 0.1) is 6.92 Å². The van der Waals surface area contributed by atoms with Crippen molar-refractivity contribution in [3.8, 4) is 11.4 Å². The summed E-state index contributed by atoms with van der Waals surface area (Å²) in [5, 5.41) is 16.5. The van der Waals surface area contributed by atoms with E-state index in [0.717, 1.165) is 11.6 Å². The molecule has 2 N–H and O–H groups in total. The summed E-state index contributed by atoms with van der Waals surface area (Å²) in [6.45, 7) is 1.84. The SMILES string of the molecule is COC(=O)/C=C(/Nc1cc(-c2nn[nH]n2)ccc1C)C(=O)OC. The number of rotatable bonds is 5. The molecule has 1 aromatic heterocycles. The van der Waals surface area contributed by atoms with Gasteiger partial charge < -0.3 is 14.8 Å². The number of ether oxygens (including phenoxy) is 2. The quantitative estimate of drug-likeness (QED) is 0.614. The maximum Gasteiger partial charge on any atom is 0.354 e. The third-order valence-corrected chi connectivity index (χ3v) is 2.98. The molecule has 2 aromatic rings. The van der Waals surface area contributed by atoms with Crippen LogP contribution in [0.25, 0.3) is 11.4 Å². The van der Waals surface area contributed by atoms with Crippen LogP contribution < -0.4 is 5.32 Å². The molecule has 9 heteroatoms. The van der Waals surface area contributed by atoms with E-state index < -0.39 is 11.9 Å². The van der Waals surface area contributed by atoms with Crippen LogP contribution in [0.4, 0.5) is 5.69 Å². The number of aromatic nitrogens is 4. The van der Waals surface area contributed by atoms with Crippen molar-refractivity contribution in [2.75, 3.05) is 19.5 Å². The van der Waals surface area contributed by atoms with Gasteiger partial charge >= 0.3 is 11.9 Å². The topological polar surface area (TPSA) is 119 Å². The molecule has 23 heavy (non-hydrogen) atoms. The second-order valence-corrected chi connectivity index (χ2v) is 4.46. The van der Waals surface area contributed by atoms with E-state index in [1.807, 2.05) is 19.1 Å². The minimum atomic E-state index is -0.695. The van der Waals surface area contributed by atoms with Gasteiger partial charge in [-0.25, -0.2) is 9.59 Å². The summed E-state index contributed by atoms with van der Waals surface area (Å²) in [5.41, 5.74) is 2.08. The number of tetrazole rings is 1. The summed E-state index contributed by atoms with van der Waals surface area (Å²) in [4.78, 5) is 23.2. The summed E-state index contributed by atoms with van der Waals surface area (Å²) in [7, 11) is 2.44. The smallest absolute Gasteiger partial charge is 0.354 e. The van der Waals surface area contributed by atoms with Crippen molar-refractivity contribution < 1.29 is 19.1 Å². The van der Waals surface area contributed by atoms with E-state index in [1.54, 1.807) is 6.07 Å². The Bertz CT molecular complexity index is 740. The van der Waals surface area contributed by atoms with Gasteiger partial charge in [0, 0.05) is 11.3 Å². The average Bonchev–Trinajstić information content (AvgIpc) is 3.09. The van der Waals surface area contributed by atoms with Gasteiger partial charge in [-0.3, -0.25) is 0 Å². The van der Waals surface area contributed by atoms with Gasteiger partial charge in [0.05, 0.1) is 20.3 Å². The average molecular weight is 317 g/mol. The summed E-state index contributed by atoms with van der Waals surface area (Å²) >= 11 is 0. The normalized spacial score (nSPS) is 11.0. The number of aryl methyl sites for hydroxylation is 1. The van der Waals surface area contributed by atoms with E-state index >= 15 is 0 Å². The Balaban J connectivity index is 2.36. The largest absolute Gasteiger partial charge is 0.466 e. The molecule has 0 saturated heterocycles. The van der Waals surface area contributed by atoms with Gasteiger partial charge in [0.25, 0.3) is 0 Å². The number of hydrogen-bond donors (Lipinski definition) is 2. The lowest BCUT2D eigenvalue weighted by molar-refractivity contribution is -0.138. The number of nitrogens with one attached hydrogen (secondary N) is 2. The molecule has 0 spiro atoms. The molecule has 0 saturated carbocycles. The minimum Gasteiger partial charge on any atom is -0.466 e. The molecule has 9 nitrogen and oxygen atoms in total. The van der Waals surface area contributed by atoms with Gasteiger partial charge in [-0.2, -0.15) is 5.21 Å². The van der Waals surface area contributed by atoms with Crippen LogP contribution in [0.15, 0.2) is 30.0 Å². The van der Waals surface area contributed by atoms with Gasteiger partial charge in [0.1, 0.15) is 5.70 Å². The van der Waals surface area contributed by atoms with E-state index in [0.29, 0.717) is 17.1 Å². The molecule has 0 aliphatic rings. The molecule has 0 unspecified atom stereocenters. The Labute approximate surface area is 131 Å². The first-order valence-corrected chi connectivity index (χ1v) is 6.54. The van der Waals surface area contributed by atoms with Crippen LogP contribution in [0.2, 0.25) is 0 Å². The van der Waals surface area contributed by atoms with E-state index in [4.69, 9.17) is 0 Å². The number of esters is 2. The molecule has 120 valence electrons. The third-order valence-electron chi connectivity index (χ3n) is 2.98. The van der Waals surface area contributed by atoms with E-state index in [9.17, 15) is 9.59 Å². The fourth-order valence-corrected chi connectivity index (χ4v) is 1.76. The van der Waals surface area contributed by atoms with E-state index in [-0.39, 0.29) is 5.70 Å². The van der Waals surface area contributed by atoms with Crippen LogP contribution >= 0.6 is 0 Å². The van der Waals surface area contributed by atoms with Crippen molar-refractivity contribution in [2.45, 2.75) is 6.92 Å². The number of H-pyrrole nitrogens is 1. The fourth-order valence-electron chi connectivity index (χ4n) is 1.76. The molecule has 1 aromatic carbocycles. The third kappa shape index (κ3) is 3.90. The Hall–Kier alpha value is -3.23. The van der Waals surface area contributed by atoms with E-state index in [1.165, 1.54) is 14.2 Å². The lowest BCUT2D eigenvalue weighted by atomic mass is 10.1. The molecular formula is C14H15N5O4. The van der Waals surface area contributed by atoms with Crippen LogP contribution in [-0.4, -0.2) is 46.8 Å². The van der Waals surface area contributed by atoms with Crippen LogP contribution in [0.3, 0.4) is 0 Å². The molecule has 1 heterocycles. The Morgan fingerprint density at radius 1 is 1.26 bits per heavy atom. The van der Waals surface area contributed by atoms with Gasteiger partial charge in [-0.15, -0.1) is 10.2 Å². The van der Waals surface area contributed by atoms with Crippen LogP contribution in [-0.2, 0) is 19.1 Å². The van der Waals surface area contributed by atoms with Crippen molar-refractivity contribution in [3.63, 3.8) is 0 Å². The molecular weight excluding hydrogens is 302 g/mol. The van der Waals surface area contributed by atoms with Crippen LogP contribution in [0.1, 0.15) is 5.56 Å². The monoisotopic (exact) mass is 317 g/mol. The Morgan fingerprint density at radius 2 is 2.04 bits per heavy atom. The highest BCUT2D eigenvalue weighted by Crippen LogP contribution is 2.23. The fraction of sp³-hybridized carbons (Fsp3) is 0.214. The molecule has 0 fully saturated rings. The van der Waals surface area contributed by atoms with E-state index in [2.05, 4.69) is 35.4 Å². The maximum absolute atomic E-state index is 11.8. The molecule has 0 aliphatic carbocycles. The number of aromatic amines is 1. The first-order chi connectivity index (χ1) is 11.0. The lowest BCUT2D eigenvalue weighted by Gasteiger charge is -2.12. The van der Waals surface area contributed by atoms with Crippen molar-refractivity contribution >= 4 is 17.6 Å². The molecule has 0 bridgehead atoms. The predicted octanol–water partition coefficient (Wildman–Crippen LogP) is 0.817. The van der Waals surface area contributed by atoms with Crippen LogP contribution in [0.5, 0.6) is 0 Å². The van der Waals surface area contributed by atoms with Gasteiger partial charge in [-0.1, -0.05) is 12.1 Å². The zero-order valence-corrected chi connectivity index (χ0v) is 12.8. The van der Waals surface area contributed by atoms with Gasteiger partial charge in [-0.05, 0) is 23.8 Å². The zero-order valence-electron chi connectivity index (χ0n) is 12.8. The Morgan fingerprint density at radius 3 is 2.65 bits per heavy atom. The summed E-state index contributed by atoms with van der Waals surface area (Å²) in [5.74, 6) is -0.964. The second kappa shape index (κ2) is 7.16. The molecule has 0 radical (unpaired) electrons. The van der Waals surface area contributed by atoms with Crippen molar-refractivity contribution in [3.05, 3.63) is 35.5 Å². The maximum atomic E-state index is 11.8. The first kappa shape index (κ1) is 16.1. The first-order valence-electron chi connectivity index (χ1n) is 6.54. The molecule has 0 aliphatic heterocycles. The number of methoxy groups -OCH3 is 2. The molecule has 0 amide bonds.